The van der Waals surface area contributed by atoms with Crippen LogP contribution < -0.4 is 0 Å². The summed E-state index contributed by atoms with van der Waals surface area (Å²) in [6.45, 7) is 2.02. The molecule has 44 heavy (non-hydrogen) atoms. The molecule has 4 rings (SSSR count). The number of carbonyl (C=O) groups excluding carboxylic acids is 2. The summed E-state index contributed by atoms with van der Waals surface area (Å²) in [5.41, 5.74) is 4.33. The summed E-state index contributed by atoms with van der Waals surface area (Å²) in [5, 5.41) is 9.61. The number of ether oxygens (including phenoxy) is 2. The highest BCUT2D eigenvalue weighted by molar-refractivity contribution is 5.75. The Kier molecular flexibility index (Phi) is 14.7. The topological polar surface area (TPSA) is 79.3 Å². The van der Waals surface area contributed by atoms with Gasteiger partial charge in [-0.25, -0.2) is 9.18 Å². The molecule has 0 aliphatic heterocycles. The Hall–Kier alpha value is -4.37. The van der Waals surface area contributed by atoms with E-state index in [1.54, 1.807) is 0 Å². The zero-order valence-corrected chi connectivity index (χ0v) is 25.3. The number of methoxy groups -OCH3 is 2. The monoisotopic (exact) mass is 600 g/mol. The average molecular weight is 601 g/mol. The SMILES string of the molecule is COC(=O)[C@@H](CO)N(Cc1ccccc1)Cc1ccccc1.COC(=O)[C@@H](F)CN(Cc1ccccc1)Cc1ccccc1. The number of rotatable bonds is 14. The Morgan fingerprint density at radius 3 is 1.27 bits per heavy atom. The molecule has 232 valence electrons. The van der Waals surface area contributed by atoms with Crippen molar-refractivity contribution in [3.05, 3.63) is 144 Å². The van der Waals surface area contributed by atoms with Crippen LogP contribution in [-0.4, -0.2) is 66.4 Å². The van der Waals surface area contributed by atoms with Crippen LogP contribution in [0.15, 0.2) is 121 Å². The molecule has 8 heteroatoms. The summed E-state index contributed by atoms with van der Waals surface area (Å²) in [7, 11) is 2.54. The Morgan fingerprint density at radius 2 is 0.955 bits per heavy atom. The fraction of sp³-hybridized carbons (Fsp3) is 0.278. The van der Waals surface area contributed by atoms with Crippen LogP contribution in [-0.2, 0) is 45.2 Å². The first-order chi connectivity index (χ1) is 21.4. The molecule has 0 heterocycles. The Balaban J connectivity index is 0.000000240. The van der Waals surface area contributed by atoms with Gasteiger partial charge in [-0.05, 0) is 22.3 Å². The molecule has 0 aromatic heterocycles. The van der Waals surface area contributed by atoms with E-state index in [-0.39, 0.29) is 13.2 Å². The third-order valence-corrected chi connectivity index (χ3v) is 6.92. The van der Waals surface area contributed by atoms with Gasteiger partial charge in [-0.1, -0.05) is 121 Å². The highest BCUT2D eigenvalue weighted by Crippen LogP contribution is 2.15. The second-order valence-electron chi connectivity index (χ2n) is 10.2. The summed E-state index contributed by atoms with van der Waals surface area (Å²) in [4.78, 5) is 27.1. The van der Waals surface area contributed by atoms with Crippen LogP contribution in [0.25, 0.3) is 0 Å². The maximum Gasteiger partial charge on any atom is 0.341 e. The minimum absolute atomic E-state index is 0.0104. The molecule has 0 aliphatic rings. The van der Waals surface area contributed by atoms with Crippen LogP contribution in [0, 0.1) is 0 Å². The number of nitrogens with zero attached hydrogens (tertiary/aromatic N) is 2. The van der Waals surface area contributed by atoms with Crippen molar-refractivity contribution in [2.24, 2.45) is 0 Å². The number of benzene rings is 4. The van der Waals surface area contributed by atoms with Gasteiger partial charge in [-0.3, -0.25) is 14.6 Å². The van der Waals surface area contributed by atoms with E-state index in [0.29, 0.717) is 26.2 Å². The van der Waals surface area contributed by atoms with E-state index in [0.717, 1.165) is 22.3 Å². The molecule has 2 atom stereocenters. The van der Waals surface area contributed by atoms with Crippen molar-refractivity contribution in [2.45, 2.75) is 38.4 Å². The largest absolute Gasteiger partial charge is 0.468 e. The van der Waals surface area contributed by atoms with Crippen molar-refractivity contribution in [3.8, 4) is 0 Å². The zero-order valence-electron chi connectivity index (χ0n) is 25.3. The summed E-state index contributed by atoms with van der Waals surface area (Å²) >= 11 is 0. The van der Waals surface area contributed by atoms with Crippen molar-refractivity contribution in [1.29, 1.82) is 0 Å². The average Bonchev–Trinajstić information content (AvgIpc) is 3.06. The summed E-state index contributed by atoms with van der Waals surface area (Å²) < 4.78 is 23.2. The van der Waals surface area contributed by atoms with Crippen molar-refractivity contribution < 1.29 is 28.6 Å². The smallest absolute Gasteiger partial charge is 0.341 e. The van der Waals surface area contributed by atoms with Gasteiger partial charge >= 0.3 is 11.9 Å². The van der Waals surface area contributed by atoms with Crippen molar-refractivity contribution in [2.75, 3.05) is 27.4 Å². The van der Waals surface area contributed by atoms with Crippen molar-refractivity contribution in [3.63, 3.8) is 0 Å². The highest BCUT2D eigenvalue weighted by atomic mass is 19.1. The maximum absolute atomic E-state index is 13.9. The van der Waals surface area contributed by atoms with E-state index in [9.17, 15) is 19.1 Å². The van der Waals surface area contributed by atoms with E-state index >= 15 is 0 Å². The molecule has 0 saturated carbocycles. The maximum atomic E-state index is 13.9. The van der Waals surface area contributed by atoms with E-state index in [1.807, 2.05) is 131 Å². The van der Waals surface area contributed by atoms with Crippen molar-refractivity contribution >= 4 is 11.9 Å². The molecule has 0 fully saturated rings. The Bertz CT molecular complexity index is 1280. The van der Waals surface area contributed by atoms with Gasteiger partial charge in [0.05, 0.1) is 20.8 Å². The van der Waals surface area contributed by atoms with Crippen LogP contribution in [0.2, 0.25) is 0 Å². The summed E-state index contributed by atoms with van der Waals surface area (Å²) in [6, 6.07) is 38.7. The molecular formula is C36H41FN2O5. The fourth-order valence-corrected chi connectivity index (χ4v) is 4.68. The molecule has 0 amide bonds. The molecule has 4 aromatic carbocycles. The standard InChI is InChI=1S/C18H20FNO2.C18H21NO3/c1-22-18(21)17(19)14-20(12-15-8-4-2-5-9-15)13-16-10-6-3-7-11-16;1-22-18(21)17(14-20)19(12-15-8-4-2-5-9-15)13-16-10-6-3-7-11-16/h2-11,17H,12-14H2,1H3;2-11,17,20H,12-14H2,1H3/t2*17-/m01/s1. The van der Waals surface area contributed by atoms with Crippen molar-refractivity contribution in [1.82, 2.24) is 9.80 Å². The predicted molar refractivity (Wildman–Crippen MR) is 169 cm³/mol. The number of hydrogen-bond acceptors (Lipinski definition) is 7. The van der Waals surface area contributed by atoms with Gasteiger partial charge in [0.1, 0.15) is 6.04 Å². The first kappa shape index (κ1) is 34.1. The van der Waals surface area contributed by atoms with E-state index in [4.69, 9.17) is 4.74 Å². The Morgan fingerprint density at radius 1 is 0.614 bits per heavy atom. The fourth-order valence-electron chi connectivity index (χ4n) is 4.68. The lowest BCUT2D eigenvalue weighted by atomic mass is 10.1. The van der Waals surface area contributed by atoms with Gasteiger partial charge in [0.25, 0.3) is 0 Å². The molecule has 0 unspecified atom stereocenters. The third-order valence-electron chi connectivity index (χ3n) is 6.92. The molecule has 0 saturated heterocycles. The molecule has 0 bridgehead atoms. The molecule has 0 radical (unpaired) electrons. The predicted octanol–water partition coefficient (Wildman–Crippen LogP) is 5.42. The van der Waals surface area contributed by atoms with Crippen LogP contribution >= 0.6 is 0 Å². The number of hydrogen-bond donors (Lipinski definition) is 1. The quantitative estimate of drug-likeness (QED) is 0.194. The minimum atomic E-state index is -1.64. The van der Waals surface area contributed by atoms with E-state index in [1.165, 1.54) is 14.2 Å². The first-order valence-corrected chi connectivity index (χ1v) is 14.5. The second kappa shape index (κ2) is 19.0. The summed E-state index contributed by atoms with van der Waals surface area (Å²) in [5.74, 6) is -1.25. The van der Waals surface area contributed by atoms with Crippen LogP contribution in [0.1, 0.15) is 22.3 Å². The van der Waals surface area contributed by atoms with E-state index in [2.05, 4.69) is 4.74 Å². The highest BCUT2D eigenvalue weighted by Gasteiger charge is 2.26. The first-order valence-electron chi connectivity index (χ1n) is 14.5. The normalized spacial score (nSPS) is 12.1. The van der Waals surface area contributed by atoms with Gasteiger partial charge in [-0.15, -0.1) is 0 Å². The molecule has 0 spiro atoms. The molecule has 0 aliphatic carbocycles. The zero-order chi connectivity index (χ0) is 31.6. The number of aliphatic hydroxyl groups is 1. The lowest BCUT2D eigenvalue weighted by molar-refractivity contribution is -0.149. The number of esters is 2. The van der Waals surface area contributed by atoms with Crippen LogP contribution in [0.5, 0.6) is 0 Å². The molecular weight excluding hydrogens is 559 g/mol. The third kappa shape index (κ3) is 11.7. The van der Waals surface area contributed by atoms with E-state index < -0.39 is 24.2 Å². The lowest BCUT2D eigenvalue weighted by Gasteiger charge is -2.28. The minimum Gasteiger partial charge on any atom is -0.468 e. The van der Waals surface area contributed by atoms with Gasteiger partial charge < -0.3 is 14.6 Å². The van der Waals surface area contributed by atoms with Gasteiger partial charge in [-0.2, -0.15) is 0 Å². The van der Waals surface area contributed by atoms with Gasteiger partial charge in [0.15, 0.2) is 0 Å². The molecule has 7 nitrogen and oxygen atoms in total. The lowest BCUT2D eigenvalue weighted by Crippen LogP contribution is -2.43. The van der Waals surface area contributed by atoms with Gasteiger partial charge in [0, 0.05) is 32.7 Å². The number of alkyl halides is 1. The van der Waals surface area contributed by atoms with Crippen LogP contribution in [0.4, 0.5) is 4.39 Å². The summed E-state index contributed by atoms with van der Waals surface area (Å²) in [6.07, 6.45) is -1.64. The molecule has 1 N–H and O–H groups in total. The number of aliphatic hydroxyl groups excluding tert-OH is 1. The van der Waals surface area contributed by atoms with Gasteiger partial charge in [0.2, 0.25) is 6.17 Å². The Labute approximate surface area is 259 Å². The second-order valence-corrected chi connectivity index (χ2v) is 10.2. The number of carbonyl (C=O) groups is 2. The molecule has 4 aromatic rings. The number of halogens is 1. The van der Waals surface area contributed by atoms with Crippen LogP contribution in [0.3, 0.4) is 0 Å².